The Bertz CT molecular complexity index is 6500. The number of fused-ring (bicyclic) bond motifs is 8. The van der Waals surface area contributed by atoms with Gasteiger partial charge in [0, 0.05) is 172 Å². The highest BCUT2D eigenvalue weighted by Gasteiger charge is 2.41. The summed E-state index contributed by atoms with van der Waals surface area (Å²) in [5, 5.41) is 85.7. The maximum atomic E-state index is 13.0. The lowest BCUT2D eigenvalue weighted by Crippen LogP contribution is -2.50. The predicted octanol–water partition coefficient (Wildman–Crippen LogP) is 8.93. The first-order valence-electron chi connectivity index (χ1n) is 47.4. The fourth-order valence-electron chi connectivity index (χ4n) is 20.1. The molecule has 0 bridgehead atoms. The summed E-state index contributed by atoms with van der Waals surface area (Å²) in [6.45, 7) is 4.52. The number of carbonyl (C=O) groups is 4. The number of aromatic nitrogens is 16. The van der Waals surface area contributed by atoms with Crippen LogP contribution in [0.15, 0.2) is 171 Å². The molecule has 4 aliphatic carbocycles. The van der Waals surface area contributed by atoms with Crippen molar-refractivity contribution in [1.29, 1.82) is 0 Å². The number of para-hydroxylation sites is 4. The highest BCUT2D eigenvalue weighted by atomic mass is 16.6. The lowest BCUT2D eigenvalue weighted by atomic mass is 9.89. The van der Waals surface area contributed by atoms with Crippen LogP contribution < -0.4 is 42.5 Å². The molecule has 1 unspecified atom stereocenters. The molecule has 140 heavy (non-hydrogen) atoms. The fourth-order valence-corrected chi connectivity index (χ4v) is 20.1. The molecular formula is C100H112N24O16. The van der Waals surface area contributed by atoms with Gasteiger partial charge in [-0.2, -0.15) is 38.5 Å². The van der Waals surface area contributed by atoms with Crippen molar-refractivity contribution in [3.63, 3.8) is 0 Å². The second kappa shape index (κ2) is 39.1. The first kappa shape index (κ1) is 92.5. The number of nitrogens with one attached hydrogen (secondary N) is 8. The Morgan fingerprint density at radius 3 is 0.714 bits per heavy atom. The molecule has 8 aliphatic rings. The Labute approximate surface area is 801 Å². The molecule has 40 heteroatoms. The second-order valence-corrected chi connectivity index (χ2v) is 36.6. The minimum atomic E-state index is -0.501. The summed E-state index contributed by atoms with van der Waals surface area (Å²) in [6.07, 6.45) is 18.2. The van der Waals surface area contributed by atoms with Crippen molar-refractivity contribution in [3.05, 3.63) is 193 Å². The monoisotopic (exact) mass is 1900 g/mol. The number of aliphatic hydroxyl groups excluding tert-OH is 4. The summed E-state index contributed by atoms with van der Waals surface area (Å²) >= 11 is 0. The largest absolute Gasteiger partial charge is 0.391 e. The van der Waals surface area contributed by atoms with E-state index >= 15 is 0 Å². The molecule has 16 atom stereocenters. The molecule has 0 radical (unpaired) electrons. The van der Waals surface area contributed by atoms with Gasteiger partial charge in [-0.05, 0) is 75.6 Å². The fraction of sp³-hybridized carbons (Fsp3) is 0.400. The maximum absolute atomic E-state index is 13.0. The molecule has 16 heterocycles. The molecule has 4 saturated heterocycles. The predicted molar refractivity (Wildman–Crippen MR) is 522 cm³/mol. The van der Waals surface area contributed by atoms with Crippen LogP contribution in [-0.4, -0.2) is 303 Å². The third-order valence-electron chi connectivity index (χ3n) is 28.8. The Kier molecular flexibility index (Phi) is 25.8. The number of anilines is 4. The van der Waals surface area contributed by atoms with E-state index in [0.717, 1.165) is 114 Å². The van der Waals surface area contributed by atoms with Gasteiger partial charge in [0.25, 0.3) is 23.6 Å². The second-order valence-electron chi connectivity index (χ2n) is 36.6. The topological polar surface area (TPSA) is 460 Å². The summed E-state index contributed by atoms with van der Waals surface area (Å²) in [5.41, 5.74) is 14.3. The van der Waals surface area contributed by atoms with Crippen LogP contribution >= 0.6 is 0 Å². The number of ether oxygens (including phenoxy) is 8. The summed E-state index contributed by atoms with van der Waals surface area (Å²) in [7, 11) is 14.1. The Balaban J connectivity index is 0.000000111. The molecule has 0 spiro atoms. The van der Waals surface area contributed by atoms with Gasteiger partial charge in [0.15, 0.2) is 22.6 Å². The van der Waals surface area contributed by atoms with Crippen molar-refractivity contribution in [3.8, 4) is 45.0 Å². The molecule has 4 aromatic carbocycles. The third-order valence-corrected chi connectivity index (χ3v) is 28.8. The Morgan fingerprint density at radius 2 is 0.529 bits per heavy atom. The van der Waals surface area contributed by atoms with Gasteiger partial charge < -0.3 is 119 Å². The first-order chi connectivity index (χ1) is 68.3. The summed E-state index contributed by atoms with van der Waals surface area (Å²) in [6, 6.07) is 39.8. The van der Waals surface area contributed by atoms with Gasteiger partial charge in [0.1, 0.15) is 69.9 Å². The van der Waals surface area contributed by atoms with E-state index < -0.39 is 24.4 Å². The maximum Gasteiger partial charge on any atom is 0.257 e. The van der Waals surface area contributed by atoms with E-state index in [2.05, 4.69) is 155 Å². The normalized spacial score (nSPS) is 24.1. The molecule has 12 aromatic heterocycles. The molecule has 4 aliphatic heterocycles. The minimum Gasteiger partial charge on any atom is -0.391 e. The van der Waals surface area contributed by atoms with Crippen LogP contribution in [0.2, 0.25) is 0 Å². The van der Waals surface area contributed by atoms with Gasteiger partial charge in [-0.1, -0.05) is 72.8 Å². The van der Waals surface area contributed by atoms with Crippen LogP contribution in [0.4, 0.5) is 23.3 Å². The van der Waals surface area contributed by atoms with Gasteiger partial charge in [-0.3, -0.25) is 19.2 Å². The number of carbonyl (C=O) groups excluding carboxylic acids is 4. The van der Waals surface area contributed by atoms with Gasteiger partial charge in [-0.25, -0.2) is 19.9 Å². The number of hydrogen-bond acceptors (Lipinski definition) is 28. The van der Waals surface area contributed by atoms with Crippen molar-refractivity contribution in [2.75, 3.05) is 131 Å². The molecule has 4 amide bonds. The van der Waals surface area contributed by atoms with Crippen molar-refractivity contribution in [2.24, 2.45) is 0 Å². The highest BCUT2D eigenvalue weighted by Crippen LogP contribution is 2.43. The van der Waals surface area contributed by atoms with Crippen LogP contribution in [0.5, 0.6) is 0 Å². The zero-order valence-electron chi connectivity index (χ0n) is 78.6. The first-order valence-corrected chi connectivity index (χ1v) is 47.4. The Morgan fingerprint density at radius 1 is 0.314 bits per heavy atom. The van der Waals surface area contributed by atoms with Gasteiger partial charge in [-0.15, -0.1) is 0 Å². The number of methoxy groups -OCH3 is 4. The SMILES string of the molecule is CNc1cc(-c2cn([C@@H]3COC[C@H]3OC)c3ccccc23)nc2c(C(=O)N[C@@H]3CC[C@@H]3O)cnn12.CNc1cc(-c2cn([C@H]3COC[C@@H]3OC)c3ccccc23)nc2c(C(=O)NC3CC[C@H]3O)cnn12.CNc1cc(-c2cn([C@H]3COC[C@@H]3OC)c3ccccc23)nc2c(C(=O)N[C@@H]3CC[C@@H]3O)cnn12.CNc1cc(-c2cn([C@H]3COC[C@@H]3OC)c3ccccc23)nc2c(C(=O)N[C@H]3CC[C@H]3O)cnn12. The number of benzene rings is 4. The van der Waals surface area contributed by atoms with Crippen molar-refractivity contribution in [2.45, 2.75) is 149 Å². The van der Waals surface area contributed by atoms with E-state index in [1.807, 2.05) is 101 Å². The molecule has 12 N–H and O–H groups in total. The molecule has 8 fully saturated rings. The van der Waals surface area contributed by atoms with Crippen LogP contribution in [0, 0.1) is 0 Å². The lowest BCUT2D eigenvalue weighted by Gasteiger charge is -2.32. The summed E-state index contributed by atoms with van der Waals surface area (Å²) < 4.78 is 60.9. The molecular weight excluding hydrogens is 1790 g/mol. The van der Waals surface area contributed by atoms with Crippen molar-refractivity contribution >= 4 is 113 Å². The van der Waals surface area contributed by atoms with Gasteiger partial charge in [0.05, 0.1) is 173 Å². The quantitative estimate of drug-likeness (QED) is 0.0268. The van der Waals surface area contributed by atoms with Gasteiger partial charge in [0.2, 0.25) is 0 Å². The standard InChI is InChI=1S/4C25H28N6O4/c4*1-26-23-9-18(28-24-15(10-27-31(23)24)25(33)29-17-7-8-21(17)32)16-11-30(19-6-4-3-5-14(16)19)20-12-35-13-22(20)34-2/h4*3-6,9-11,17,20-22,26,32H,7-8,12-13H2,1-2H3,(H,29,33)/t17?,20-,21+,22-;17-,20+,21+,22+;2*17-,20-,21+,22-/m0110/s1. The van der Waals surface area contributed by atoms with Crippen molar-refractivity contribution < 1.29 is 77.5 Å². The van der Waals surface area contributed by atoms with Crippen molar-refractivity contribution in [1.82, 2.24) is 97.9 Å². The van der Waals surface area contributed by atoms with E-state index in [1.165, 1.54) is 24.8 Å². The van der Waals surface area contributed by atoms with E-state index in [4.69, 9.17) is 57.8 Å². The summed E-state index contributed by atoms with van der Waals surface area (Å²) in [4.78, 5) is 71.6. The molecule has 40 nitrogen and oxygen atoms in total. The molecule has 16 aromatic rings. The van der Waals surface area contributed by atoms with Gasteiger partial charge >= 0.3 is 0 Å². The molecule has 24 rings (SSSR count). The van der Waals surface area contributed by atoms with Crippen LogP contribution in [-0.2, 0) is 37.9 Å². The zero-order valence-corrected chi connectivity index (χ0v) is 78.6. The zero-order chi connectivity index (χ0) is 96.4. The van der Waals surface area contributed by atoms with E-state index in [1.54, 1.807) is 46.5 Å². The van der Waals surface area contributed by atoms with E-state index in [9.17, 15) is 39.6 Å². The van der Waals surface area contributed by atoms with E-state index in [0.29, 0.717) is 147 Å². The number of aliphatic hydroxyl groups is 4. The smallest absolute Gasteiger partial charge is 0.257 e. The minimum absolute atomic E-state index is 0.0334. The average molecular weight is 1910 g/mol. The highest BCUT2D eigenvalue weighted by molar-refractivity contribution is 6.06. The number of rotatable bonds is 24. The number of amides is 4. The van der Waals surface area contributed by atoms with Crippen LogP contribution in [0.25, 0.3) is 111 Å². The number of nitrogens with zero attached hydrogens (tertiary/aromatic N) is 16. The number of hydrogen-bond donors (Lipinski definition) is 12. The third kappa shape index (κ3) is 16.9. The van der Waals surface area contributed by atoms with E-state index in [-0.39, 0.29) is 96.4 Å². The molecule has 4 saturated carbocycles. The summed E-state index contributed by atoms with van der Waals surface area (Å²) in [5.74, 6) is 1.69. The Hall–Kier alpha value is -13.9. The van der Waals surface area contributed by atoms with Crippen LogP contribution in [0.1, 0.15) is 117 Å². The lowest BCUT2D eigenvalue weighted by molar-refractivity contribution is 0.0448. The molecule has 728 valence electrons. The van der Waals surface area contributed by atoms with Crippen LogP contribution in [0.3, 0.4) is 0 Å². The average Bonchev–Trinajstić information content (AvgIpc) is 1.17.